The van der Waals surface area contributed by atoms with Crippen molar-refractivity contribution in [2.75, 3.05) is 0 Å². The van der Waals surface area contributed by atoms with Crippen molar-refractivity contribution in [3.63, 3.8) is 0 Å². The number of thioether (sulfide) groups is 1. The Kier molecular flexibility index (Phi) is 4.80. The first-order valence-corrected chi connectivity index (χ1v) is 7.29. The van der Waals surface area contributed by atoms with Gasteiger partial charge in [0.05, 0.1) is 17.1 Å². The van der Waals surface area contributed by atoms with E-state index in [4.69, 9.17) is 5.73 Å². The fourth-order valence-corrected chi connectivity index (χ4v) is 2.68. The number of hydrogen-bond donors (Lipinski definition) is 1. The first-order valence-electron chi connectivity index (χ1n) is 6.41. The number of amides is 1. The third-order valence-corrected chi connectivity index (χ3v) is 4.03. The van der Waals surface area contributed by atoms with E-state index in [2.05, 4.69) is 4.98 Å². The van der Waals surface area contributed by atoms with Crippen LogP contribution in [0.4, 0.5) is 13.2 Å². The molecule has 0 unspecified atom stereocenters. The topological polar surface area (TPSA) is 60.9 Å². The van der Waals surface area contributed by atoms with Gasteiger partial charge in [0, 0.05) is 0 Å². The van der Waals surface area contributed by atoms with Crippen molar-refractivity contribution in [2.24, 2.45) is 5.73 Å². The molecule has 0 fully saturated rings. The van der Waals surface area contributed by atoms with Crippen molar-refractivity contribution in [1.29, 1.82) is 0 Å². The fraction of sp³-hybridized carbons (Fsp3) is 0.286. The van der Waals surface area contributed by atoms with Gasteiger partial charge in [-0.15, -0.1) is 0 Å². The van der Waals surface area contributed by atoms with Crippen molar-refractivity contribution in [3.05, 3.63) is 36.5 Å². The normalized spacial score (nSPS) is 13.1. The van der Waals surface area contributed by atoms with Gasteiger partial charge in [-0.1, -0.05) is 42.1 Å². The van der Waals surface area contributed by atoms with Gasteiger partial charge in [0.2, 0.25) is 5.91 Å². The second-order valence-electron chi connectivity index (χ2n) is 4.66. The molecule has 0 aliphatic rings. The average Bonchev–Trinajstić information content (AvgIpc) is 2.80. The predicted molar refractivity (Wildman–Crippen MR) is 78.2 cm³/mol. The molecule has 2 aromatic rings. The summed E-state index contributed by atoms with van der Waals surface area (Å²) in [6.45, 7) is 0.354. The third kappa shape index (κ3) is 4.03. The van der Waals surface area contributed by atoms with Crippen LogP contribution in [0.3, 0.4) is 0 Å². The molecule has 1 atom stereocenters. The number of alkyl halides is 3. The highest BCUT2D eigenvalue weighted by Gasteiger charge is 2.31. The number of benzene rings is 1. The summed E-state index contributed by atoms with van der Waals surface area (Å²) >= 11 is 0.912. The average molecular weight is 329 g/mol. The van der Waals surface area contributed by atoms with E-state index < -0.39 is 23.9 Å². The summed E-state index contributed by atoms with van der Waals surface area (Å²) in [7, 11) is 0. The highest BCUT2D eigenvalue weighted by molar-refractivity contribution is 8.00. The van der Waals surface area contributed by atoms with Crippen LogP contribution in [0.15, 0.2) is 41.7 Å². The van der Waals surface area contributed by atoms with E-state index in [1.165, 1.54) is 13.1 Å². The molecule has 0 spiro atoms. The Morgan fingerprint density at radius 3 is 2.55 bits per heavy atom. The minimum absolute atomic E-state index is 0.113. The second-order valence-corrected chi connectivity index (χ2v) is 5.96. The van der Waals surface area contributed by atoms with Crippen molar-refractivity contribution in [3.8, 4) is 11.3 Å². The summed E-state index contributed by atoms with van der Waals surface area (Å²) < 4.78 is 39.6. The number of primary amides is 1. The summed E-state index contributed by atoms with van der Waals surface area (Å²) in [5, 5.41) is -0.555. The molecule has 0 saturated carbocycles. The molecule has 8 heteroatoms. The van der Waals surface area contributed by atoms with Gasteiger partial charge in [-0.3, -0.25) is 4.79 Å². The predicted octanol–water partition coefficient (Wildman–Crippen LogP) is 3.08. The number of carbonyl (C=O) groups excluding carboxylic acids is 1. The Bertz CT molecular complexity index is 655. The zero-order valence-electron chi connectivity index (χ0n) is 11.7. The maximum absolute atomic E-state index is 12.8. The monoisotopic (exact) mass is 329 g/mol. The van der Waals surface area contributed by atoms with Crippen molar-refractivity contribution >= 4 is 17.7 Å². The zero-order chi connectivity index (χ0) is 16.3. The Morgan fingerprint density at radius 2 is 2.00 bits per heavy atom. The number of nitrogens with two attached hydrogens (primary N) is 1. The van der Waals surface area contributed by atoms with Crippen LogP contribution in [0, 0.1) is 0 Å². The lowest BCUT2D eigenvalue weighted by molar-refractivity contribution is -0.141. The van der Waals surface area contributed by atoms with Gasteiger partial charge in [-0.05, 0) is 12.5 Å². The SMILES string of the molecule is C[C@H](Sc1ncc(-c2ccccc2)n1CC(F)(F)F)C(N)=O. The van der Waals surface area contributed by atoms with Crippen molar-refractivity contribution in [1.82, 2.24) is 9.55 Å². The van der Waals surface area contributed by atoms with Crippen molar-refractivity contribution in [2.45, 2.75) is 30.1 Å². The van der Waals surface area contributed by atoms with Crippen LogP contribution in [0.5, 0.6) is 0 Å². The van der Waals surface area contributed by atoms with Gasteiger partial charge in [-0.25, -0.2) is 4.98 Å². The first kappa shape index (κ1) is 16.4. The standard InChI is InChI=1S/C14H14F3N3OS/c1-9(12(18)21)22-13-19-7-11(10-5-3-2-4-6-10)20(13)8-14(15,16)17/h2-7,9H,8H2,1H3,(H2,18,21)/t9-/m0/s1. The number of imidazole rings is 1. The molecule has 118 valence electrons. The molecule has 1 aromatic carbocycles. The second kappa shape index (κ2) is 6.43. The lowest BCUT2D eigenvalue weighted by Gasteiger charge is -2.15. The Labute approximate surface area is 129 Å². The van der Waals surface area contributed by atoms with E-state index in [0.717, 1.165) is 16.3 Å². The molecule has 0 aliphatic heterocycles. The highest BCUT2D eigenvalue weighted by atomic mass is 32.2. The summed E-state index contributed by atoms with van der Waals surface area (Å²) in [4.78, 5) is 15.1. The van der Waals surface area contributed by atoms with Gasteiger partial charge in [0.1, 0.15) is 6.54 Å². The lowest BCUT2D eigenvalue weighted by Crippen LogP contribution is -2.24. The molecule has 2 rings (SSSR count). The molecule has 1 heterocycles. The third-order valence-electron chi connectivity index (χ3n) is 2.91. The summed E-state index contributed by atoms with van der Waals surface area (Å²) in [6, 6.07) is 8.66. The minimum Gasteiger partial charge on any atom is -0.369 e. The van der Waals surface area contributed by atoms with E-state index >= 15 is 0 Å². The Hall–Kier alpha value is -1.96. The van der Waals surface area contributed by atoms with Gasteiger partial charge in [0.25, 0.3) is 0 Å². The molecule has 22 heavy (non-hydrogen) atoms. The molecule has 0 bridgehead atoms. The number of halogens is 3. The quantitative estimate of drug-likeness (QED) is 0.858. The number of nitrogens with zero attached hydrogens (tertiary/aromatic N) is 2. The van der Waals surface area contributed by atoms with E-state index in [1.807, 2.05) is 0 Å². The van der Waals surface area contributed by atoms with E-state index in [1.54, 1.807) is 30.3 Å². The summed E-state index contributed by atoms with van der Waals surface area (Å²) in [5.41, 5.74) is 6.13. The largest absolute Gasteiger partial charge is 0.406 e. The van der Waals surface area contributed by atoms with Crippen LogP contribution in [0.1, 0.15) is 6.92 Å². The Morgan fingerprint density at radius 1 is 1.36 bits per heavy atom. The molecular weight excluding hydrogens is 315 g/mol. The summed E-state index contributed by atoms with van der Waals surface area (Å²) in [5.74, 6) is -0.604. The number of aromatic nitrogens is 2. The highest BCUT2D eigenvalue weighted by Crippen LogP contribution is 2.31. The zero-order valence-corrected chi connectivity index (χ0v) is 12.5. The molecule has 1 aromatic heterocycles. The van der Waals surface area contributed by atoms with Crippen molar-refractivity contribution < 1.29 is 18.0 Å². The molecule has 4 nitrogen and oxygen atoms in total. The number of rotatable bonds is 5. The number of hydrogen-bond acceptors (Lipinski definition) is 3. The molecule has 0 radical (unpaired) electrons. The molecule has 0 aliphatic carbocycles. The van der Waals surface area contributed by atoms with E-state index in [-0.39, 0.29) is 5.16 Å². The molecule has 1 amide bonds. The van der Waals surface area contributed by atoms with Crippen LogP contribution in [0.25, 0.3) is 11.3 Å². The van der Waals surface area contributed by atoms with Crippen LogP contribution >= 0.6 is 11.8 Å². The van der Waals surface area contributed by atoms with Crippen LogP contribution in [-0.4, -0.2) is 26.9 Å². The first-order chi connectivity index (χ1) is 10.3. The number of carbonyl (C=O) groups is 1. The van der Waals surface area contributed by atoms with Crippen LogP contribution < -0.4 is 5.73 Å². The van der Waals surface area contributed by atoms with Crippen LogP contribution in [-0.2, 0) is 11.3 Å². The summed E-state index contributed by atoms with van der Waals surface area (Å²) in [6.07, 6.45) is -3.02. The Balaban J connectivity index is 2.42. The smallest absolute Gasteiger partial charge is 0.369 e. The van der Waals surface area contributed by atoms with Gasteiger partial charge in [-0.2, -0.15) is 13.2 Å². The van der Waals surface area contributed by atoms with Crippen LogP contribution in [0.2, 0.25) is 0 Å². The van der Waals surface area contributed by atoms with Gasteiger partial charge in [0.15, 0.2) is 5.16 Å². The van der Waals surface area contributed by atoms with E-state index in [9.17, 15) is 18.0 Å². The van der Waals surface area contributed by atoms with Gasteiger partial charge >= 0.3 is 6.18 Å². The molecule has 0 saturated heterocycles. The maximum Gasteiger partial charge on any atom is 0.406 e. The maximum atomic E-state index is 12.8. The minimum atomic E-state index is -4.39. The lowest BCUT2D eigenvalue weighted by atomic mass is 10.2. The van der Waals surface area contributed by atoms with E-state index in [0.29, 0.717) is 11.3 Å². The fourth-order valence-electron chi connectivity index (χ4n) is 1.84. The van der Waals surface area contributed by atoms with Gasteiger partial charge < -0.3 is 10.3 Å². The molecular formula is C14H14F3N3OS. The molecule has 2 N–H and O–H groups in total.